The number of hydrogen-bond acceptors (Lipinski definition) is 2. The van der Waals surface area contributed by atoms with Crippen LogP contribution >= 0.6 is 0 Å². The lowest BCUT2D eigenvalue weighted by atomic mass is 9.83. The first-order valence-corrected chi connectivity index (χ1v) is 7.39. The van der Waals surface area contributed by atoms with Crippen molar-refractivity contribution in [2.24, 2.45) is 17.8 Å². The summed E-state index contributed by atoms with van der Waals surface area (Å²) in [6.07, 6.45) is 7.34. The van der Waals surface area contributed by atoms with Crippen molar-refractivity contribution in [3.63, 3.8) is 0 Å². The van der Waals surface area contributed by atoms with E-state index in [4.69, 9.17) is 5.11 Å². The molecule has 0 aromatic rings. The van der Waals surface area contributed by atoms with E-state index in [1.165, 1.54) is 32.1 Å². The Labute approximate surface area is 116 Å². The Balaban J connectivity index is 2.39. The van der Waals surface area contributed by atoms with Crippen molar-refractivity contribution in [1.82, 2.24) is 4.90 Å². The molecule has 0 aromatic carbocycles. The van der Waals surface area contributed by atoms with E-state index in [0.29, 0.717) is 12.5 Å². The lowest BCUT2D eigenvalue weighted by molar-refractivity contribution is -0.143. The van der Waals surface area contributed by atoms with Crippen LogP contribution in [-0.2, 0) is 9.59 Å². The third-order valence-electron chi connectivity index (χ3n) is 4.18. The zero-order valence-electron chi connectivity index (χ0n) is 12.4. The van der Waals surface area contributed by atoms with Crippen LogP contribution in [0.1, 0.15) is 52.4 Å². The van der Waals surface area contributed by atoms with Crippen molar-refractivity contribution >= 4 is 11.9 Å². The summed E-state index contributed by atoms with van der Waals surface area (Å²) in [6, 6.07) is 0. The zero-order valence-corrected chi connectivity index (χ0v) is 12.4. The Kier molecular flexibility index (Phi) is 6.32. The average molecular weight is 269 g/mol. The lowest BCUT2D eigenvalue weighted by Gasteiger charge is -2.27. The number of hydrogen-bond donors (Lipinski definition) is 1. The van der Waals surface area contributed by atoms with Gasteiger partial charge in [-0.15, -0.1) is 0 Å². The Hall–Kier alpha value is -1.06. The first-order chi connectivity index (χ1) is 8.91. The fourth-order valence-corrected chi connectivity index (χ4v) is 2.98. The van der Waals surface area contributed by atoms with Gasteiger partial charge >= 0.3 is 5.97 Å². The molecular weight excluding hydrogens is 242 g/mol. The monoisotopic (exact) mass is 269 g/mol. The van der Waals surface area contributed by atoms with Gasteiger partial charge in [-0.3, -0.25) is 9.59 Å². The van der Waals surface area contributed by atoms with Gasteiger partial charge in [-0.1, -0.05) is 46.0 Å². The van der Waals surface area contributed by atoms with Crippen molar-refractivity contribution in [1.29, 1.82) is 0 Å². The number of aliphatic carboxylic acids is 1. The second kappa shape index (κ2) is 7.51. The van der Waals surface area contributed by atoms with Crippen LogP contribution in [0.4, 0.5) is 0 Å². The SMILES string of the molecule is CC(CN(C)C(=O)C(C)CC1CCCCC1)C(=O)O. The number of nitrogens with zero attached hydrogens (tertiary/aromatic N) is 1. The predicted octanol–water partition coefficient (Wildman–Crippen LogP) is 2.77. The molecule has 0 spiro atoms. The van der Waals surface area contributed by atoms with Crippen molar-refractivity contribution in [2.75, 3.05) is 13.6 Å². The minimum Gasteiger partial charge on any atom is -0.481 e. The molecule has 1 aliphatic rings. The maximum absolute atomic E-state index is 12.2. The largest absolute Gasteiger partial charge is 0.481 e. The van der Waals surface area contributed by atoms with Crippen LogP contribution < -0.4 is 0 Å². The highest BCUT2D eigenvalue weighted by Gasteiger charge is 2.24. The van der Waals surface area contributed by atoms with E-state index in [1.807, 2.05) is 6.92 Å². The van der Waals surface area contributed by atoms with Crippen LogP contribution in [0.2, 0.25) is 0 Å². The molecule has 0 heterocycles. The second-order valence-electron chi connectivity index (χ2n) is 6.10. The maximum Gasteiger partial charge on any atom is 0.308 e. The van der Waals surface area contributed by atoms with Crippen LogP contribution in [0.3, 0.4) is 0 Å². The van der Waals surface area contributed by atoms with Crippen LogP contribution in [0, 0.1) is 17.8 Å². The molecule has 4 heteroatoms. The number of carboxylic acid groups (broad SMARTS) is 1. The standard InChI is InChI=1S/C15H27NO3/c1-11(9-13-7-5-4-6-8-13)14(17)16(3)10-12(2)15(18)19/h11-13H,4-10H2,1-3H3,(H,18,19). The highest BCUT2D eigenvalue weighted by atomic mass is 16.4. The minimum atomic E-state index is -0.848. The Morgan fingerprint density at radius 3 is 2.26 bits per heavy atom. The van der Waals surface area contributed by atoms with Crippen molar-refractivity contribution in [3.8, 4) is 0 Å². The normalized spacial score (nSPS) is 19.7. The molecule has 1 aliphatic carbocycles. The van der Waals surface area contributed by atoms with E-state index in [2.05, 4.69) is 0 Å². The fraction of sp³-hybridized carbons (Fsp3) is 0.867. The number of amides is 1. The molecule has 0 saturated heterocycles. The zero-order chi connectivity index (χ0) is 14.4. The van der Waals surface area contributed by atoms with Crippen molar-refractivity contribution < 1.29 is 14.7 Å². The maximum atomic E-state index is 12.2. The number of carboxylic acids is 1. The van der Waals surface area contributed by atoms with Gasteiger partial charge in [0, 0.05) is 19.5 Å². The van der Waals surface area contributed by atoms with Gasteiger partial charge in [0.25, 0.3) is 0 Å². The molecule has 1 amide bonds. The summed E-state index contributed by atoms with van der Waals surface area (Å²) in [6.45, 7) is 3.90. The summed E-state index contributed by atoms with van der Waals surface area (Å²) in [5, 5.41) is 8.87. The Bertz CT molecular complexity index is 311. The molecule has 0 aromatic heterocycles. The lowest BCUT2D eigenvalue weighted by Crippen LogP contribution is -2.37. The summed E-state index contributed by atoms with van der Waals surface area (Å²) in [5.41, 5.74) is 0. The van der Waals surface area contributed by atoms with Gasteiger partial charge in [0.05, 0.1) is 5.92 Å². The minimum absolute atomic E-state index is 0.00842. The van der Waals surface area contributed by atoms with Crippen LogP contribution in [-0.4, -0.2) is 35.5 Å². The van der Waals surface area contributed by atoms with Crippen molar-refractivity contribution in [2.45, 2.75) is 52.4 Å². The van der Waals surface area contributed by atoms with Gasteiger partial charge in [-0.05, 0) is 12.3 Å². The summed E-state index contributed by atoms with van der Waals surface area (Å²) < 4.78 is 0. The number of rotatable bonds is 6. The van der Waals surface area contributed by atoms with Gasteiger partial charge < -0.3 is 10.0 Å². The molecule has 4 nitrogen and oxygen atoms in total. The molecule has 110 valence electrons. The van der Waals surface area contributed by atoms with E-state index in [1.54, 1.807) is 18.9 Å². The molecule has 2 unspecified atom stereocenters. The second-order valence-corrected chi connectivity index (χ2v) is 6.10. The van der Waals surface area contributed by atoms with Crippen molar-refractivity contribution in [3.05, 3.63) is 0 Å². The first-order valence-electron chi connectivity index (χ1n) is 7.39. The van der Waals surface area contributed by atoms with Gasteiger partial charge in [-0.25, -0.2) is 0 Å². The third-order valence-corrected chi connectivity index (χ3v) is 4.18. The molecule has 0 radical (unpaired) electrons. The highest BCUT2D eigenvalue weighted by Crippen LogP contribution is 2.29. The first kappa shape index (κ1) is 16.0. The molecule has 1 saturated carbocycles. The molecule has 1 N–H and O–H groups in total. The predicted molar refractivity (Wildman–Crippen MR) is 74.8 cm³/mol. The fourth-order valence-electron chi connectivity index (χ4n) is 2.98. The van der Waals surface area contributed by atoms with Gasteiger partial charge in [0.2, 0.25) is 5.91 Å². The molecule has 1 fully saturated rings. The highest BCUT2D eigenvalue weighted by molar-refractivity contribution is 5.79. The molecule has 1 rings (SSSR count). The molecule has 19 heavy (non-hydrogen) atoms. The molecule has 0 bridgehead atoms. The summed E-state index contributed by atoms with van der Waals surface area (Å²) in [7, 11) is 1.71. The molecule has 0 aliphatic heterocycles. The molecule has 2 atom stereocenters. The van der Waals surface area contributed by atoms with E-state index < -0.39 is 11.9 Å². The summed E-state index contributed by atoms with van der Waals surface area (Å²) in [5.74, 6) is -0.582. The number of carbonyl (C=O) groups is 2. The topological polar surface area (TPSA) is 57.6 Å². The summed E-state index contributed by atoms with van der Waals surface area (Å²) in [4.78, 5) is 24.6. The third kappa shape index (κ3) is 5.21. The average Bonchev–Trinajstić information content (AvgIpc) is 2.38. The van der Waals surface area contributed by atoms with E-state index in [9.17, 15) is 9.59 Å². The van der Waals surface area contributed by atoms with E-state index in [0.717, 1.165) is 6.42 Å². The van der Waals surface area contributed by atoms with Crippen LogP contribution in [0.25, 0.3) is 0 Å². The van der Waals surface area contributed by atoms with E-state index in [-0.39, 0.29) is 11.8 Å². The smallest absolute Gasteiger partial charge is 0.308 e. The van der Waals surface area contributed by atoms with E-state index >= 15 is 0 Å². The Morgan fingerprint density at radius 2 is 1.74 bits per heavy atom. The number of carbonyl (C=O) groups excluding carboxylic acids is 1. The van der Waals surface area contributed by atoms with Crippen LogP contribution in [0.5, 0.6) is 0 Å². The van der Waals surface area contributed by atoms with Gasteiger partial charge in [0.1, 0.15) is 0 Å². The quantitative estimate of drug-likeness (QED) is 0.806. The molecular formula is C15H27NO3. The summed E-state index contributed by atoms with van der Waals surface area (Å²) >= 11 is 0. The van der Waals surface area contributed by atoms with Gasteiger partial charge in [0.15, 0.2) is 0 Å². The van der Waals surface area contributed by atoms with Crippen LogP contribution in [0.15, 0.2) is 0 Å². The van der Waals surface area contributed by atoms with Gasteiger partial charge in [-0.2, -0.15) is 0 Å². The Morgan fingerprint density at radius 1 is 1.16 bits per heavy atom.